The zero-order valence-electron chi connectivity index (χ0n) is 15.0. The molecule has 1 aliphatic heterocycles. The van der Waals surface area contributed by atoms with Crippen molar-refractivity contribution in [2.45, 2.75) is 30.6 Å². The van der Waals surface area contributed by atoms with Crippen molar-refractivity contribution in [3.8, 4) is 6.01 Å². The molecule has 2 aromatic heterocycles. The van der Waals surface area contributed by atoms with Crippen molar-refractivity contribution in [2.75, 3.05) is 13.1 Å². The van der Waals surface area contributed by atoms with Gasteiger partial charge in [-0.1, -0.05) is 0 Å². The lowest BCUT2D eigenvalue weighted by Crippen LogP contribution is -2.32. The van der Waals surface area contributed by atoms with E-state index in [1.807, 2.05) is 0 Å². The molecule has 0 aromatic carbocycles. The number of H-pyrrole nitrogens is 1. The van der Waals surface area contributed by atoms with Gasteiger partial charge in [0.25, 0.3) is 5.56 Å². The van der Waals surface area contributed by atoms with Crippen LogP contribution in [0.5, 0.6) is 6.01 Å². The number of hydrogen-bond acceptors (Lipinski definition) is 8. The second kappa shape index (κ2) is 7.32. The minimum Gasteiger partial charge on any atom is -0.422 e. The van der Waals surface area contributed by atoms with Crippen LogP contribution in [-0.4, -0.2) is 58.3 Å². The summed E-state index contributed by atoms with van der Waals surface area (Å²) in [5.41, 5.74) is 5.62. The predicted molar refractivity (Wildman–Crippen MR) is 103 cm³/mol. The molecule has 0 spiro atoms. The first-order valence-electron chi connectivity index (χ1n) is 8.93. The molecule has 2 aliphatic rings. The van der Waals surface area contributed by atoms with Crippen LogP contribution >= 0.6 is 0 Å². The average molecular weight is 404 g/mol. The number of allylic oxidation sites excluding steroid dienone is 1. The van der Waals surface area contributed by atoms with Gasteiger partial charge >= 0.3 is 6.01 Å². The first kappa shape index (κ1) is 18.6. The lowest BCUT2D eigenvalue weighted by Gasteiger charge is -2.14. The van der Waals surface area contributed by atoms with Crippen LogP contribution < -0.4 is 16.0 Å². The molecule has 1 aliphatic carbocycles. The average Bonchev–Trinajstić information content (AvgIpc) is 3.44. The molecule has 28 heavy (non-hydrogen) atoms. The Balaban J connectivity index is 1.43. The van der Waals surface area contributed by atoms with Gasteiger partial charge in [0.15, 0.2) is 5.76 Å². The van der Waals surface area contributed by atoms with Crippen molar-refractivity contribution in [1.82, 2.24) is 19.3 Å². The first-order chi connectivity index (χ1) is 13.5. The summed E-state index contributed by atoms with van der Waals surface area (Å²) in [5.74, 6) is 0.190. The number of nitrogens with zero attached hydrogens (tertiary/aromatic N) is 4. The van der Waals surface area contributed by atoms with Crippen LogP contribution in [0.25, 0.3) is 10.9 Å². The number of nitrogens with one attached hydrogen (secondary N) is 1. The Morgan fingerprint density at radius 2 is 2.21 bits per heavy atom. The van der Waals surface area contributed by atoms with Gasteiger partial charge in [-0.15, -0.1) is 0 Å². The van der Waals surface area contributed by atoms with E-state index in [-0.39, 0.29) is 28.6 Å². The van der Waals surface area contributed by atoms with Gasteiger partial charge < -0.3 is 10.5 Å². The monoisotopic (exact) mass is 404 g/mol. The zero-order chi connectivity index (χ0) is 19.7. The molecular weight excluding hydrogens is 384 g/mol. The molecule has 0 unspecified atom stereocenters. The van der Waals surface area contributed by atoms with Crippen molar-refractivity contribution in [1.29, 1.82) is 0 Å². The second-order valence-electron chi connectivity index (χ2n) is 6.76. The lowest BCUT2D eigenvalue weighted by atomic mass is 10.3. The van der Waals surface area contributed by atoms with Crippen molar-refractivity contribution in [3.05, 3.63) is 40.8 Å². The van der Waals surface area contributed by atoms with Gasteiger partial charge in [0.1, 0.15) is 0 Å². The highest BCUT2D eigenvalue weighted by Crippen LogP contribution is 2.33. The van der Waals surface area contributed by atoms with Crippen molar-refractivity contribution in [2.24, 2.45) is 10.7 Å². The molecule has 1 saturated heterocycles. The number of pyridine rings is 1. The molecule has 148 valence electrons. The summed E-state index contributed by atoms with van der Waals surface area (Å²) in [6, 6.07) is 1.37. The maximum absolute atomic E-state index is 12.3. The van der Waals surface area contributed by atoms with Crippen molar-refractivity contribution < 1.29 is 13.2 Å². The summed E-state index contributed by atoms with van der Waals surface area (Å²) in [4.78, 5) is 27.1. The number of ether oxygens (including phenoxy) is 1. The zero-order valence-corrected chi connectivity index (χ0v) is 15.8. The smallest absolute Gasteiger partial charge is 0.302 e. The topological polar surface area (TPSA) is 144 Å². The third-order valence-electron chi connectivity index (χ3n) is 4.71. The molecule has 0 amide bonds. The quantitative estimate of drug-likeness (QED) is 0.514. The molecule has 11 heteroatoms. The van der Waals surface area contributed by atoms with E-state index in [0.29, 0.717) is 30.4 Å². The molecule has 1 atom stereocenters. The number of fused-ring (bicyclic) bond motifs is 1. The highest BCUT2D eigenvalue weighted by Gasteiger charge is 2.42. The lowest BCUT2D eigenvalue weighted by molar-refractivity contribution is 0.417. The minimum absolute atomic E-state index is 0.0296. The maximum Gasteiger partial charge on any atom is 0.302 e. The number of hydrogen-bond donors (Lipinski definition) is 2. The summed E-state index contributed by atoms with van der Waals surface area (Å²) in [6.45, 7) is 0.819. The summed E-state index contributed by atoms with van der Waals surface area (Å²) in [7, 11) is -3.18. The van der Waals surface area contributed by atoms with Crippen LogP contribution in [0.1, 0.15) is 19.3 Å². The molecule has 0 radical (unpaired) electrons. The summed E-state index contributed by atoms with van der Waals surface area (Å²) in [5, 5.41) is 0.181. The van der Waals surface area contributed by atoms with Gasteiger partial charge in [0.05, 0.1) is 34.6 Å². The molecule has 2 fully saturated rings. The van der Waals surface area contributed by atoms with Crippen molar-refractivity contribution in [3.63, 3.8) is 0 Å². The van der Waals surface area contributed by atoms with Crippen LogP contribution in [0, 0.1) is 0 Å². The van der Waals surface area contributed by atoms with Crippen LogP contribution in [0.2, 0.25) is 0 Å². The van der Waals surface area contributed by atoms with Crippen LogP contribution in [0.4, 0.5) is 0 Å². The Morgan fingerprint density at radius 3 is 2.96 bits per heavy atom. The summed E-state index contributed by atoms with van der Waals surface area (Å²) in [6.07, 6.45) is 7.71. The number of nitrogens with two attached hydrogens (primary N) is 1. The van der Waals surface area contributed by atoms with E-state index in [4.69, 9.17) is 10.5 Å². The van der Waals surface area contributed by atoms with Gasteiger partial charge in [-0.3, -0.25) is 19.8 Å². The Kier molecular flexibility index (Phi) is 4.85. The maximum atomic E-state index is 12.3. The minimum atomic E-state index is -3.18. The molecule has 1 saturated carbocycles. The van der Waals surface area contributed by atoms with E-state index in [1.165, 1.54) is 29.1 Å². The fourth-order valence-electron chi connectivity index (χ4n) is 3.05. The Hall–Kier alpha value is -2.79. The van der Waals surface area contributed by atoms with Gasteiger partial charge in [0.2, 0.25) is 10.0 Å². The predicted octanol–water partition coefficient (Wildman–Crippen LogP) is 0.134. The van der Waals surface area contributed by atoms with E-state index < -0.39 is 10.0 Å². The number of sulfonamides is 1. The third kappa shape index (κ3) is 3.76. The highest BCUT2D eigenvalue weighted by atomic mass is 32.2. The molecule has 10 nitrogen and oxygen atoms in total. The molecule has 4 rings (SSSR count). The Bertz CT molecular complexity index is 1110. The normalized spacial score (nSPS) is 21.6. The van der Waals surface area contributed by atoms with E-state index in [9.17, 15) is 13.2 Å². The van der Waals surface area contributed by atoms with Gasteiger partial charge in [-0.25, -0.2) is 8.42 Å². The van der Waals surface area contributed by atoms with E-state index in [0.717, 1.165) is 12.8 Å². The first-order valence-corrected chi connectivity index (χ1v) is 10.4. The molecule has 3 N–H and O–H groups in total. The number of rotatable bonds is 6. The SMILES string of the molecule is NC=C(C=N[C@H]1CCN(S(=O)(=O)C2CC2)C1)Oc1nc2cnccc2c(=O)[nH]1. The van der Waals surface area contributed by atoms with Crippen molar-refractivity contribution >= 4 is 27.1 Å². The number of aliphatic imine (C=N–C) groups is 1. The Morgan fingerprint density at radius 1 is 1.39 bits per heavy atom. The summed E-state index contributed by atoms with van der Waals surface area (Å²) < 4.78 is 31.6. The van der Waals surface area contributed by atoms with E-state index in [1.54, 1.807) is 6.07 Å². The molecule has 0 bridgehead atoms. The second-order valence-corrected chi connectivity index (χ2v) is 8.97. The fraction of sp³-hybridized carbons (Fsp3) is 0.412. The van der Waals surface area contributed by atoms with Crippen LogP contribution in [0.15, 0.2) is 40.2 Å². The third-order valence-corrected chi connectivity index (χ3v) is 7.08. The van der Waals surface area contributed by atoms with Crippen LogP contribution in [-0.2, 0) is 10.0 Å². The fourth-order valence-corrected chi connectivity index (χ4v) is 4.94. The largest absolute Gasteiger partial charge is 0.422 e. The number of aromatic amines is 1. The highest BCUT2D eigenvalue weighted by molar-refractivity contribution is 7.90. The molecule has 2 aromatic rings. The Labute approximate surface area is 161 Å². The number of aromatic nitrogens is 3. The van der Waals surface area contributed by atoms with Gasteiger partial charge in [-0.2, -0.15) is 9.29 Å². The van der Waals surface area contributed by atoms with Crippen LogP contribution in [0.3, 0.4) is 0 Å². The molecule has 3 heterocycles. The van der Waals surface area contributed by atoms with Gasteiger partial charge in [0, 0.05) is 25.5 Å². The van der Waals surface area contributed by atoms with Gasteiger partial charge in [-0.05, 0) is 25.3 Å². The summed E-state index contributed by atoms with van der Waals surface area (Å²) >= 11 is 0. The molecular formula is C17H20N6O4S. The van der Waals surface area contributed by atoms with E-state index in [2.05, 4.69) is 19.9 Å². The standard InChI is InChI=1S/C17H20N6O4S/c18-7-12(27-17-21-15-9-19-5-3-14(15)16(24)22-17)8-20-11-4-6-23(10-11)28(25,26)13-1-2-13/h3,5,7-9,11,13H,1-2,4,6,10,18H2,(H,21,22,24)/t11-/m0/s1. The van der Waals surface area contributed by atoms with E-state index >= 15 is 0 Å².